The summed E-state index contributed by atoms with van der Waals surface area (Å²) in [4.78, 5) is 10.3. The van der Waals surface area contributed by atoms with E-state index in [4.69, 9.17) is 0 Å². The first-order chi connectivity index (χ1) is 15.1. The van der Waals surface area contributed by atoms with E-state index in [9.17, 15) is 26.4 Å². The average molecular weight is 472 g/mol. The Morgan fingerprint density at radius 2 is 1.53 bits per heavy atom. The number of esters is 1. The quantitative estimate of drug-likeness (QED) is 0.322. The minimum Gasteiger partial charge on any atom is -0.469 e. The van der Waals surface area contributed by atoms with Gasteiger partial charge in [0.25, 0.3) is 0 Å². The summed E-state index contributed by atoms with van der Waals surface area (Å²) in [7, 11) is -3.06. The predicted octanol–water partition coefficient (Wildman–Crippen LogP) is 5.63. The molecule has 0 radical (unpaired) electrons. The van der Waals surface area contributed by atoms with E-state index in [1.54, 1.807) is 30.3 Å². The van der Waals surface area contributed by atoms with Gasteiger partial charge in [0.05, 0.1) is 17.6 Å². The standard InChI is InChI=1S/C23H28F3NO4S/c1-31-22(28)17-9-4-2-3-8-15-20(18-12-6-5-7-13-18)27-32(29,30)21-16-11-10-14-19(21)23(24,25)26/h5-7,10-14,16,20,27H,2-4,8-9,15,17H2,1H3. The Morgan fingerprint density at radius 3 is 2.19 bits per heavy atom. The van der Waals surface area contributed by atoms with E-state index in [2.05, 4.69) is 9.46 Å². The highest BCUT2D eigenvalue weighted by Crippen LogP contribution is 2.34. The first-order valence-electron chi connectivity index (χ1n) is 10.5. The molecule has 0 aromatic heterocycles. The fourth-order valence-electron chi connectivity index (χ4n) is 3.42. The Kier molecular flexibility index (Phi) is 9.71. The number of sulfonamides is 1. The number of ether oxygens (including phenoxy) is 1. The number of hydrogen-bond acceptors (Lipinski definition) is 4. The summed E-state index contributed by atoms with van der Waals surface area (Å²) >= 11 is 0. The number of methoxy groups -OCH3 is 1. The minimum absolute atomic E-state index is 0.248. The number of unbranched alkanes of at least 4 members (excludes halogenated alkanes) is 4. The topological polar surface area (TPSA) is 72.5 Å². The zero-order valence-electron chi connectivity index (χ0n) is 17.9. The summed E-state index contributed by atoms with van der Waals surface area (Å²) in [5, 5.41) is 0. The SMILES string of the molecule is COC(=O)CCCCCCCC(NS(=O)(=O)c1ccccc1C(F)(F)F)c1ccccc1. The van der Waals surface area contributed by atoms with Crippen molar-refractivity contribution >= 4 is 16.0 Å². The molecule has 0 aliphatic heterocycles. The van der Waals surface area contributed by atoms with Crippen molar-refractivity contribution in [2.45, 2.75) is 62.1 Å². The molecule has 2 rings (SSSR count). The van der Waals surface area contributed by atoms with Crippen LogP contribution in [0, 0.1) is 0 Å². The zero-order valence-corrected chi connectivity index (χ0v) is 18.7. The van der Waals surface area contributed by atoms with Crippen LogP contribution in [0.5, 0.6) is 0 Å². The summed E-state index contributed by atoms with van der Waals surface area (Å²) in [5.41, 5.74) is -0.504. The van der Waals surface area contributed by atoms with Gasteiger partial charge in [-0.15, -0.1) is 0 Å². The molecule has 1 unspecified atom stereocenters. The molecule has 0 amide bonds. The van der Waals surface area contributed by atoms with Crippen molar-refractivity contribution in [3.63, 3.8) is 0 Å². The lowest BCUT2D eigenvalue weighted by atomic mass is 10.0. The number of carbonyl (C=O) groups excluding carboxylic acids is 1. The first-order valence-corrected chi connectivity index (χ1v) is 11.9. The summed E-state index contributed by atoms with van der Waals surface area (Å²) < 4.78 is 72.9. The van der Waals surface area contributed by atoms with E-state index >= 15 is 0 Å². The van der Waals surface area contributed by atoms with Gasteiger partial charge in [-0.05, 0) is 30.5 Å². The van der Waals surface area contributed by atoms with Crippen LogP contribution in [0.4, 0.5) is 13.2 Å². The van der Waals surface area contributed by atoms with Gasteiger partial charge in [0.15, 0.2) is 0 Å². The molecule has 0 spiro atoms. The van der Waals surface area contributed by atoms with E-state index in [-0.39, 0.29) is 5.97 Å². The fraction of sp³-hybridized carbons (Fsp3) is 0.435. The second-order valence-electron chi connectivity index (χ2n) is 7.46. The molecule has 0 heterocycles. The molecule has 2 aromatic carbocycles. The molecule has 0 bridgehead atoms. The van der Waals surface area contributed by atoms with Crippen LogP contribution in [0.15, 0.2) is 59.5 Å². The monoisotopic (exact) mass is 471 g/mol. The van der Waals surface area contributed by atoms with Gasteiger partial charge in [-0.1, -0.05) is 68.1 Å². The van der Waals surface area contributed by atoms with Gasteiger partial charge < -0.3 is 4.74 Å². The molecule has 0 aliphatic carbocycles. The van der Waals surface area contributed by atoms with Crippen molar-refractivity contribution in [3.8, 4) is 0 Å². The number of carbonyl (C=O) groups is 1. The van der Waals surface area contributed by atoms with E-state index in [1.807, 2.05) is 0 Å². The first kappa shape index (κ1) is 25.9. The highest BCUT2D eigenvalue weighted by atomic mass is 32.2. The third-order valence-electron chi connectivity index (χ3n) is 5.08. The van der Waals surface area contributed by atoms with Crippen molar-refractivity contribution in [1.29, 1.82) is 0 Å². The number of alkyl halides is 3. The molecule has 2 aromatic rings. The van der Waals surface area contributed by atoms with Gasteiger partial charge in [-0.2, -0.15) is 13.2 Å². The maximum atomic E-state index is 13.3. The molecule has 0 saturated carbocycles. The smallest absolute Gasteiger partial charge is 0.417 e. The average Bonchev–Trinajstić information content (AvgIpc) is 2.77. The van der Waals surface area contributed by atoms with Gasteiger partial charge in [-0.25, -0.2) is 13.1 Å². The third-order valence-corrected chi connectivity index (χ3v) is 6.61. The van der Waals surface area contributed by atoms with Crippen molar-refractivity contribution in [1.82, 2.24) is 4.72 Å². The van der Waals surface area contributed by atoms with Crippen LogP contribution in [0.2, 0.25) is 0 Å². The van der Waals surface area contributed by atoms with Crippen LogP contribution in [0.25, 0.3) is 0 Å². The maximum absolute atomic E-state index is 13.3. The van der Waals surface area contributed by atoms with Gasteiger partial charge in [0.1, 0.15) is 0 Å². The highest BCUT2D eigenvalue weighted by Gasteiger charge is 2.37. The summed E-state index contributed by atoms with van der Waals surface area (Å²) in [6, 6.07) is 12.3. The lowest BCUT2D eigenvalue weighted by Crippen LogP contribution is -2.30. The molecule has 5 nitrogen and oxygen atoms in total. The largest absolute Gasteiger partial charge is 0.469 e. The fourth-order valence-corrected chi connectivity index (χ4v) is 4.90. The van der Waals surface area contributed by atoms with E-state index < -0.39 is 32.7 Å². The normalized spacial score (nSPS) is 13.0. The summed E-state index contributed by atoms with van der Waals surface area (Å²) in [6.07, 6.45) is -0.0616. The molecule has 9 heteroatoms. The molecule has 0 saturated heterocycles. The molecule has 32 heavy (non-hydrogen) atoms. The minimum atomic E-state index is -4.78. The molecule has 1 N–H and O–H groups in total. The molecule has 176 valence electrons. The number of rotatable bonds is 12. The van der Waals surface area contributed by atoms with Gasteiger partial charge in [0.2, 0.25) is 10.0 Å². The Hall–Kier alpha value is -2.39. The number of hydrogen-bond donors (Lipinski definition) is 1. The van der Waals surface area contributed by atoms with Crippen LogP contribution >= 0.6 is 0 Å². The maximum Gasteiger partial charge on any atom is 0.417 e. The molecule has 0 fully saturated rings. The Morgan fingerprint density at radius 1 is 0.938 bits per heavy atom. The van der Waals surface area contributed by atoms with Crippen LogP contribution < -0.4 is 4.72 Å². The van der Waals surface area contributed by atoms with Crippen LogP contribution in [-0.2, 0) is 25.7 Å². The molecule has 1 atom stereocenters. The van der Waals surface area contributed by atoms with E-state index in [0.717, 1.165) is 43.9 Å². The predicted molar refractivity (Wildman–Crippen MR) is 115 cm³/mol. The number of nitrogens with one attached hydrogen (secondary N) is 1. The van der Waals surface area contributed by atoms with Gasteiger partial charge in [0, 0.05) is 12.5 Å². The van der Waals surface area contributed by atoms with Crippen LogP contribution in [0.3, 0.4) is 0 Å². The Balaban J connectivity index is 2.07. The third kappa shape index (κ3) is 7.94. The summed E-state index contributed by atoms with van der Waals surface area (Å²) in [6.45, 7) is 0. The Bertz CT molecular complexity index is 963. The lowest BCUT2D eigenvalue weighted by Gasteiger charge is -2.21. The highest BCUT2D eigenvalue weighted by molar-refractivity contribution is 7.89. The number of benzene rings is 2. The zero-order chi connectivity index (χ0) is 23.6. The van der Waals surface area contributed by atoms with Crippen molar-refractivity contribution in [2.75, 3.05) is 7.11 Å². The van der Waals surface area contributed by atoms with E-state index in [1.165, 1.54) is 13.2 Å². The van der Waals surface area contributed by atoms with Crippen molar-refractivity contribution < 1.29 is 31.1 Å². The summed E-state index contributed by atoms with van der Waals surface area (Å²) in [5.74, 6) is -0.248. The molecule has 0 aliphatic rings. The molecular weight excluding hydrogens is 443 g/mol. The second-order valence-corrected chi connectivity index (χ2v) is 9.14. The van der Waals surface area contributed by atoms with E-state index in [0.29, 0.717) is 24.8 Å². The second kappa shape index (κ2) is 12.0. The Labute approximate surface area is 187 Å². The van der Waals surface area contributed by atoms with Crippen LogP contribution in [-0.4, -0.2) is 21.5 Å². The molecular formula is C23H28F3NO4S. The van der Waals surface area contributed by atoms with Crippen LogP contribution in [0.1, 0.15) is 62.1 Å². The number of halogens is 3. The van der Waals surface area contributed by atoms with Crippen molar-refractivity contribution in [3.05, 3.63) is 65.7 Å². The van der Waals surface area contributed by atoms with Gasteiger partial charge in [-0.3, -0.25) is 4.79 Å². The van der Waals surface area contributed by atoms with Gasteiger partial charge >= 0.3 is 12.1 Å². The lowest BCUT2D eigenvalue weighted by molar-refractivity contribution is -0.141. The van der Waals surface area contributed by atoms with Crippen molar-refractivity contribution in [2.24, 2.45) is 0 Å².